The fourth-order valence-electron chi connectivity index (χ4n) is 2.97. The van der Waals surface area contributed by atoms with Crippen molar-refractivity contribution in [2.45, 2.75) is 44.3 Å². The molecule has 1 fully saturated rings. The number of nitrogens with zero attached hydrogens (tertiary/aromatic N) is 1. The van der Waals surface area contributed by atoms with E-state index in [4.69, 9.17) is 4.74 Å². The van der Waals surface area contributed by atoms with Gasteiger partial charge < -0.3 is 9.64 Å². The van der Waals surface area contributed by atoms with Crippen molar-refractivity contribution in [1.82, 2.24) is 4.90 Å². The van der Waals surface area contributed by atoms with Gasteiger partial charge in [0.2, 0.25) is 5.91 Å². The Kier molecular flexibility index (Phi) is 6.04. The van der Waals surface area contributed by atoms with Gasteiger partial charge in [0.05, 0.1) is 12.0 Å². The molecular formula is C17H22F3NO2. The first-order chi connectivity index (χ1) is 10.9. The van der Waals surface area contributed by atoms with Crippen molar-refractivity contribution in [3.63, 3.8) is 0 Å². The average molecular weight is 329 g/mol. The fourth-order valence-corrected chi connectivity index (χ4v) is 2.97. The van der Waals surface area contributed by atoms with Crippen LogP contribution in [0.15, 0.2) is 24.3 Å². The lowest BCUT2D eigenvalue weighted by molar-refractivity contribution is -0.137. The number of rotatable bonds is 5. The van der Waals surface area contributed by atoms with Crippen LogP contribution in [0.3, 0.4) is 0 Å². The van der Waals surface area contributed by atoms with E-state index in [1.807, 2.05) is 4.90 Å². The fraction of sp³-hybridized carbons (Fsp3) is 0.588. The molecule has 0 aliphatic carbocycles. The van der Waals surface area contributed by atoms with Crippen LogP contribution in [0.5, 0.6) is 0 Å². The first kappa shape index (κ1) is 17.8. The Labute approximate surface area is 134 Å². The zero-order valence-corrected chi connectivity index (χ0v) is 13.2. The van der Waals surface area contributed by atoms with Crippen LogP contribution in [0, 0.1) is 0 Å². The van der Waals surface area contributed by atoms with E-state index in [0.717, 1.165) is 37.8 Å². The largest absolute Gasteiger partial charge is 0.416 e. The molecule has 128 valence electrons. The molecule has 2 rings (SSSR count). The van der Waals surface area contributed by atoms with E-state index in [1.54, 1.807) is 7.11 Å². The number of amides is 1. The summed E-state index contributed by atoms with van der Waals surface area (Å²) < 4.78 is 42.8. The van der Waals surface area contributed by atoms with Crippen LogP contribution in [0.25, 0.3) is 0 Å². The van der Waals surface area contributed by atoms with E-state index in [9.17, 15) is 18.0 Å². The number of hydrogen-bond donors (Lipinski definition) is 0. The summed E-state index contributed by atoms with van der Waals surface area (Å²) in [5.41, 5.74) is -0.0799. The molecule has 0 bridgehead atoms. The molecule has 3 nitrogen and oxygen atoms in total. The molecule has 1 aliphatic rings. The highest BCUT2D eigenvalue weighted by atomic mass is 19.4. The number of carbonyl (C=O) groups is 1. The first-order valence-electron chi connectivity index (χ1n) is 7.86. The summed E-state index contributed by atoms with van der Waals surface area (Å²) in [4.78, 5) is 14.3. The third-order valence-electron chi connectivity index (χ3n) is 4.24. The van der Waals surface area contributed by atoms with Gasteiger partial charge in [-0.3, -0.25) is 4.79 Å². The predicted molar refractivity (Wildman–Crippen MR) is 81.0 cm³/mol. The van der Waals surface area contributed by atoms with Crippen molar-refractivity contribution in [2.75, 3.05) is 20.3 Å². The molecule has 0 radical (unpaired) electrons. The number of benzene rings is 1. The summed E-state index contributed by atoms with van der Waals surface area (Å²) in [6.07, 6.45) is -0.375. The Bertz CT molecular complexity index is 514. The Morgan fingerprint density at radius 1 is 1.26 bits per heavy atom. The van der Waals surface area contributed by atoms with Gasteiger partial charge in [-0.15, -0.1) is 0 Å². The van der Waals surface area contributed by atoms with Gasteiger partial charge in [0.1, 0.15) is 0 Å². The number of piperidine rings is 1. The van der Waals surface area contributed by atoms with E-state index in [-0.39, 0.29) is 18.4 Å². The maximum absolute atomic E-state index is 12.6. The molecule has 1 heterocycles. The molecule has 1 atom stereocenters. The van der Waals surface area contributed by atoms with Gasteiger partial charge >= 0.3 is 6.18 Å². The SMILES string of the molecule is COCCC1CCCCN1C(=O)Cc1ccc(C(F)(F)F)cc1. The summed E-state index contributed by atoms with van der Waals surface area (Å²) >= 11 is 0. The van der Waals surface area contributed by atoms with Crippen molar-refractivity contribution in [3.8, 4) is 0 Å². The predicted octanol–water partition coefficient (Wildman–Crippen LogP) is 3.67. The summed E-state index contributed by atoms with van der Waals surface area (Å²) in [6, 6.07) is 5.00. The molecule has 6 heteroatoms. The van der Waals surface area contributed by atoms with Crippen molar-refractivity contribution in [1.29, 1.82) is 0 Å². The monoisotopic (exact) mass is 329 g/mol. The lowest BCUT2D eigenvalue weighted by Crippen LogP contribution is -2.44. The van der Waals surface area contributed by atoms with E-state index < -0.39 is 11.7 Å². The van der Waals surface area contributed by atoms with Crippen molar-refractivity contribution < 1.29 is 22.7 Å². The summed E-state index contributed by atoms with van der Waals surface area (Å²) in [6.45, 7) is 1.32. The van der Waals surface area contributed by atoms with Crippen molar-refractivity contribution >= 4 is 5.91 Å². The van der Waals surface area contributed by atoms with Gasteiger partial charge in [0.25, 0.3) is 0 Å². The molecule has 0 aromatic heterocycles. The normalized spacial score (nSPS) is 19.0. The van der Waals surface area contributed by atoms with E-state index >= 15 is 0 Å². The van der Waals surface area contributed by atoms with Gasteiger partial charge in [-0.25, -0.2) is 0 Å². The number of likely N-dealkylation sites (tertiary alicyclic amines) is 1. The van der Waals surface area contributed by atoms with Crippen LogP contribution in [-0.4, -0.2) is 37.1 Å². The highest BCUT2D eigenvalue weighted by Gasteiger charge is 2.30. The van der Waals surface area contributed by atoms with Crippen LogP contribution < -0.4 is 0 Å². The summed E-state index contributed by atoms with van der Waals surface area (Å²) in [5.74, 6) is -0.0226. The molecule has 1 unspecified atom stereocenters. The number of carbonyl (C=O) groups excluding carboxylic acids is 1. The topological polar surface area (TPSA) is 29.5 Å². The molecule has 1 aromatic rings. The first-order valence-corrected chi connectivity index (χ1v) is 7.86. The van der Waals surface area contributed by atoms with Gasteiger partial charge in [0.15, 0.2) is 0 Å². The van der Waals surface area contributed by atoms with Crippen LogP contribution in [0.2, 0.25) is 0 Å². The molecule has 0 N–H and O–H groups in total. The van der Waals surface area contributed by atoms with Crippen molar-refractivity contribution in [2.24, 2.45) is 0 Å². The Morgan fingerprint density at radius 2 is 1.96 bits per heavy atom. The molecule has 1 aliphatic heterocycles. The molecule has 1 amide bonds. The summed E-state index contributed by atoms with van der Waals surface area (Å²) in [7, 11) is 1.64. The van der Waals surface area contributed by atoms with Crippen LogP contribution in [0.1, 0.15) is 36.8 Å². The quantitative estimate of drug-likeness (QED) is 0.825. The third kappa shape index (κ3) is 4.96. The molecule has 1 aromatic carbocycles. The molecular weight excluding hydrogens is 307 g/mol. The summed E-state index contributed by atoms with van der Waals surface area (Å²) in [5, 5.41) is 0. The number of halogens is 3. The number of alkyl halides is 3. The zero-order valence-electron chi connectivity index (χ0n) is 13.2. The number of hydrogen-bond acceptors (Lipinski definition) is 2. The second kappa shape index (κ2) is 7.81. The average Bonchev–Trinajstić information content (AvgIpc) is 2.53. The third-order valence-corrected chi connectivity index (χ3v) is 4.24. The van der Waals surface area contributed by atoms with Gasteiger partial charge in [-0.05, 0) is 43.4 Å². The maximum atomic E-state index is 12.6. The molecule has 0 spiro atoms. The van der Waals surface area contributed by atoms with Crippen molar-refractivity contribution in [3.05, 3.63) is 35.4 Å². The van der Waals surface area contributed by atoms with Crippen LogP contribution in [-0.2, 0) is 22.1 Å². The van der Waals surface area contributed by atoms with Gasteiger partial charge in [-0.1, -0.05) is 12.1 Å². The van der Waals surface area contributed by atoms with Gasteiger partial charge in [-0.2, -0.15) is 13.2 Å². The minimum atomic E-state index is -4.35. The van der Waals surface area contributed by atoms with E-state index in [2.05, 4.69) is 0 Å². The van der Waals surface area contributed by atoms with E-state index in [0.29, 0.717) is 18.7 Å². The number of ether oxygens (including phenoxy) is 1. The molecule has 0 saturated carbocycles. The highest BCUT2D eigenvalue weighted by molar-refractivity contribution is 5.79. The van der Waals surface area contributed by atoms with Crippen LogP contribution >= 0.6 is 0 Å². The highest BCUT2D eigenvalue weighted by Crippen LogP contribution is 2.29. The Morgan fingerprint density at radius 3 is 2.57 bits per heavy atom. The Hall–Kier alpha value is -1.56. The zero-order chi connectivity index (χ0) is 16.9. The lowest BCUT2D eigenvalue weighted by atomic mass is 9.98. The standard InChI is InChI=1S/C17H22F3NO2/c1-23-11-9-15-4-2-3-10-21(15)16(22)12-13-5-7-14(8-6-13)17(18,19)20/h5-8,15H,2-4,9-12H2,1H3. The maximum Gasteiger partial charge on any atom is 0.416 e. The van der Waals surface area contributed by atoms with Gasteiger partial charge in [0, 0.05) is 26.3 Å². The molecule has 1 saturated heterocycles. The van der Waals surface area contributed by atoms with Crippen LogP contribution in [0.4, 0.5) is 13.2 Å². The minimum absolute atomic E-state index is 0.0226. The van der Waals surface area contributed by atoms with E-state index in [1.165, 1.54) is 12.1 Å². The second-order valence-corrected chi connectivity index (χ2v) is 5.89. The Balaban J connectivity index is 1.99. The number of methoxy groups -OCH3 is 1. The minimum Gasteiger partial charge on any atom is -0.385 e. The smallest absolute Gasteiger partial charge is 0.385 e. The molecule has 23 heavy (non-hydrogen) atoms. The lowest BCUT2D eigenvalue weighted by Gasteiger charge is -2.36. The second-order valence-electron chi connectivity index (χ2n) is 5.89.